The fourth-order valence-electron chi connectivity index (χ4n) is 2.29. The minimum Gasteiger partial charge on any atom is -0.545 e. The average Bonchev–Trinajstić information content (AvgIpc) is 2.49. The molecule has 0 aromatic heterocycles. The number of aromatic carboxylic acids is 1. The van der Waals surface area contributed by atoms with Crippen molar-refractivity contribution in [2.75, 3.05) is 5.32 Å². The lowest BCUT2D eigenvalue weighted by Crippen LogP contribution is -2.22. The van der Waals surface area contributed by atoms with E-state index in [1.807, 2.05) is 25.1 Å². The fraction of sp³-hybridized carbons (Fsp3) is 0.222. The van der Waals surface area contributed by atoms with Crippen LogP contribution in [0.1, 0.15) is 51.6 Å². The summed E-state index contributed by atoms with van der Waals surface area (Å²) in [4.78, 5) is 23.1. The molecule has 0 aliphatic heterocycles. The van der Waals surface area contributed by atoms with Crippen molar-refractivity contribution < 1.29 is 14.7 Å². The molecular weight excluding hydrogens is 278 g/mol. The second-order valence-electron chi connectivity index (χ2n) is 5.51. The number of carbonyl (C=O) groups excluding carboxylic acids is 2. The van der Waals surface area contributed by atoms with E-state index in [0.29, 0.717) is 5.56 Å². The molecule has 0 bridgehead atoms. The Labute approximate surface area is 129 Å². The van der Waals surface area contributed by atoms with Crippen LogP contribution in [0.4, 0.5) is 5.69 Å². The standard InChI is InChI=1S/C18H19NO3/c1-11(2)15-6-4-5-12(3)16(15)19-17(20)13-7-9-14(10-8-13)18(21)22/h4-11H,1-3H3,(H,19,20)(H,21,22)/p-1. The number of hydrogen-bond donors (Lipinski definition) is 1. The van der Waals surface area contributed by atoms with E-state index in [4.69, 9.17) is 0 Å². The molecule has 0 radical (unpaired) electrons. The van der Waals surface area contributed by atoms with Crippen LogP contribution in [0.5, 0.6) is 0 Å². The van der Waals surface area contributed by atoms with Gasteiger partial charge in [-0.05, 0) is 41.7 Å². The van der Waals surface area contributed by atoms with Crippen LogP contribution >= 0.6 is 0 Å². The molecule has 0 saturated carbocycles. The first-order chi connectivity index (χ1) is 10.4. The maximum absolute atomic E-state index is 12.3. The quantitative estimate of drug-likeness (QED) is 0.943. The topological polar surface area (TPSA) is 69.2 Å². The first-order valence-corrected chi connectivity index (χ1v) is 7.12. The number of anilines is 1. The average molecular weight is 296 g/mol. The van der Waals surface area contributed by atoms with Crippen LogP contribution in [0, 0.1) is 6.92 Å². The first kappa shape index (κ1) is 15.8. The number of carboxylic acid groups (broad SMARTS) is 1. The van der Waals surface area contributed by atoms with Gasteiger partial charge in [-0.3, -0.25) is 4.79 Å². The number of amides is 1. The van der Waals surface area contributed by atoms with Gasteiger partial charge in [-0.25, -0.2) is 0 Å². The summed E-state index contributed by atoms with van der Waals surface area (Å²) >= 11 is 0. The molecule has 0 saturated heterocycles. The van der Waals surface area contributed by atoms with Gasteiger partial charge in [0.05, 0.1) is 5.97 Å². The zero-order chi connectivity index (χ0) is 16.3. The van der Waals surface area contributed by atoms with Crippen LogP contribution in [0.15, 0.2) is 42.5 Å². The lowest BCUT2D eigenvalue weighted by Gasteiger charge is -2.16. The van der Waals surface area contributed by atoms with E-state index in [1.165, 1.54) is 24.3 Å². The van der Waals surface area contributed by atoms with Crippen molar-refractivity contribution in [1.29, 1.82) is 0 Å². The SMILES string of the molecule is Cc1cccc(C(C)C)c1NC(=O)c1ccc(C(=O)[O-])cc1. The predicted octanol–water partition coefficient (Wildman–Crippen LogP) is 2.73. The summed E-state index contributed by atoms with van der Waals surface area (Å²) in [5, 5.41) is 13.6. The highest BCUT2D eigenvalue weighted by atomic mass is 16.4. The van der Waals surface area contributed by atoms with Gasteiger partial charge in [0.2, 0.25) is 0 Å². The van der Waals surface area contributed by atoms with Gasteiger partial charge in [0.25, 0.3) is 5.91 Å². The Bertz CT molecular complexity index is 703. The minimum atomic E-state index is -1.26. The number of hydrogen-bond acceptors (Lipinski definition) is 3. The van der Waals surface area contributed by atoms with Crippen LogP contribution in [0.2, 0.25) is 0 Å². The van der Waals surface area contributed by atoms with E-state index in [2.05, 4.69) is 19.2 Å². The van der Waals surface area contributed by atoms with E-state index in [1.54, 1.807) is 0 Å². The van der Waals surface area contributed by atoms with E-state index in [0.717, 1.165) is 16.8 Å². The highest BCUT2D eigenvalue weighted by Gasteiger charge is 2.13. The molecule has 0 heterocycles. The second kappa shape index (κ2) is 6.43. The second-order valence-corrected chi connectivity index (χ2v) is 5.51. The highest BCUT2D eigenvalue weighted by Crippen LogP contribution is 2.27. The molecule has 4 heteroatoms. The molecule has 2 aromatic rings. The summed E-state index contributed by atoms with van der Waals surface area (Å²) in [6, 6.07) is 11.6. The van der Waals surface area contributed by atoms with Crippen molar-refractivity contribution >= 4 is 17.6 Å². The van der Waals surface area contributed by atoms with Gasteiger partial charge in [-0.15, -0.1) is 0 Å². The van der Waals surface area contributed by atoms with E-state index >= 15 is 0 Å². The van der Waals surface area contributed by atoms with Crippen LogP contribution in [-0.4, -0.2) is 11.9 Å². The zero-order valence-electron chi connectivity index (χ0n) is 12.8. The molecule has 0 fully saturated rings. The van der Waals surface area contributed by atoms with Gasteiger partial charge >= 0.3 is 0 Å². The molecule has 0 spiro atoms. The minimum absolute atomic E-state index is 0.0512. The maximum atomic E-state index is 12.3. The van der Waals surface area contributed by atoms with Crippen molar-refractivity contribution in [3.05, 3.63) is 64.7 Å². The monoisotopic (exact) mass is 296 g/mol. The molecule has 1 N–H and O–H groups in total. The molecule has 0 unspecified atom stereocenters. The van der Waals surface area contributed by atoms with E-state index in [-0.39, 0.29) is 17.4 Å². The molecule has 4 nitrogen and oxygen atoms in total. The third kappa shape index (κ3) is 3.34. The zero-order valence-corrected chi connectivity index (χ0v) is 12.8. The summed E-state index contributed by atoms with van der Waals surface area (Å²) in [6.45, 7) is 6.08. The summed E-state index contributed by atoms with van der Waals surface area (Å²) < 4.78 is 0. The smallest absolute Gasteiger partial charge is 0.255 e. The predicted molar refractivity (Wildman–Crippen MR) is 84.0 cm³/mol. The first-order valence-electron chi connectivity index (χ1n) is 7.12. The van der Waals surface area contributed by atoms with Gasteiger partial charge in [-0.2, -0.15) is 0 Å². The Kier molecular flexibility index (Phi) is 4.61. The molecule has 0 aliphatic carbocycles. The maximum Gasteiger partial charge on any atom is 0.255 e. The number of aryl methyl sites for hydroxylation is 1. The highest BCUT2D eigenvalue weighted by molar-refractivity contribution is 6.05. The number of nitrogens with one attached hydrogen (secondary N) is 1. The van der Waals surface area contributed by atoms with Gasteiger partial charge in [0, 0.05) is 11.3 Å². The van der Waals surface area contributed by atoms with E-state index < -0.39 is 5.97 Å². The largest absolute Gasteiger partial charge is 0.545 e. The normalized spacial score (nSPS) is 10.5. The summed E-state index contributed by atoms with van der Waals surface area (Å²) in [6.07, 6.45) is 0. The molecule has 0 atom stereocenters. The molecule has 2 rings (SSSR count). The lowest BCUT2D eigenvalue weighted by atomic mass is 9.98. The Morgan fingerprint density at radius 3 is 2.14 bits per heavy atom. The summed E-state index contributed by atoms with van der Waals surface area (Å²) in [5.74, 6) is -1.23. The van der Waals surface area contributed by atoms with Crippen molar-refractivity contribution in [3.63, 3.8) is 0 Å². The Balaban J connectivity index is 2.27. The Hall–Kier alpha value is -2.62. The van der Waals surface area contributed by atoms with Gasteiger partial charge < -0.3 is 15.2 Å². The van der Waals surface area contributed by atoms with Crippen molar-refractivity contribution in [1.82, 2.24) is 0 Å². The summed E-state index contributed by atoms with van der Waals surface area (Å²) in [7, 11) is 0. The van der Waals surface area contributed by atoms with Gasteiger partial charge in [0.15, 0.2) is 0 Å². The van der Waals surface area contributed by atoms with Crippen LogP contribution < -0.4 is 10.4 Å². The molecule has 22 heavy (non-hydrogen) atoms. The number of carboxylic acids is 1. The summed E-state index contributed by atoms with van der Waals surface area (Å²) in [5.41, 5.74) is 3.33. The molecule has 2 aromatic carbocycles. The van der Waals surface area contributed by atoms with Crippen LogP contribution in [-0.2, 0) is 0 Å². The number of rotatable bonds is 4. The Morgan fingerprint density at radius 1 is 1.00 bits per heavy atom. The molecule has 114 valence electrons. The molecule has 1 amide bonds. The van der Waals surface area contributed by atoms with E-state index in [9.17, 15) is 14.7 Å². The van der Waals surface area contributed by atoms with Crippen molar-refractivity contribution in [3.8, 4) is 0 Å². The number of para-hydroxylation sites is 1. The molecule has 0 aliphatic rings. The Morgan fingerprint density at radius 2 is 1.59 bits per heavy atom. The fourth-order valence-corrected chi connectivity index (χ4v) is 2.29. The van der Waals surface area contributed by atoms with Gasteiger partial charge in [-0.1, -0.05) is 44.2 Å². The number of benzene rings is 2. The van der Waals surface area contributed by atoms with Crippen LogP contribution in [0.3, 0.4) is 0 Å². The third-order valence-corrected chi connectivity index (χ3v) is 3.55. The third-order valence-electron chi connectivity index (χ3n) is 3.55. The number of carbonyl (C=O) groups is 2. The molecular formula is C18H18NO3-. The van der Waals surface area contributed by atoms with Crippen molar-refractivity contribution in [2.24, 2.45) is 0 Å². The van der Waals surface area contributed by atoms with Crippen molar-refractivity contribution in [2.45, 2.75) is 26.7 Å². The van der Waals surface area contributed by atoms with Crippen LogP contribution in [0.25, 0.3) is 0 Å². The lowest BCUT2D eigenvalue weighted by molar-refractivity contribution is -0.255. The van der Waals surface area contributed by atoms with Gasteiger partial charge in [0.1, 0.15) is 0 Å².